The Morgan fingerprint density at radius 3 is 2.48 bits per heavy atom. The van der Waals surface area contributed by atoms with Crippen molar-refractivity contribution < 1.29 is 19.1 Å². The minimum absolute atomic E-state index is 0.117. The first-order valence-corrected chi connectivity index (χ1v) is 9.76. The molecule has 0 bridgehead atoms. The van der Waals surface area contributed by atoms with E-state index in [1.54, 1.807) is 18.2 Å². The minimum atomic E-state index is -1.24. The number of nitrogens with one attached hydrogen (secondary N) is 2. The number of thioether (sulfide) groups is 1. The molecule has 9 heteroatoms. The van der Waals surface area contributed by atoms with Gasteiger partial charge in [0.25, 0.3) is 5.91 Å². The number of hydrogen-bond acceptors (Lipinski definition) is 7. The molecule has 0 radical (unpaired) electrons. The summed E-state index contributed by atoms with van der Waals surface area (Å²) < 4.78 is 4.97. The maximum absolute atomic E-state index is 12.3. The SMILES string of the molecule is CSCC[C@H](NC(=O)c1ccc(Cl)cc1)C(=O)OCC(=O)C(C#N)C(C)=N. The summed E-state index contributed by atoms with van der Waals surface area (Å²) in [7, 11) is 0. The number of Topliss-reactive ketones (excluding diaryl/α,β-unsaturated/α-hetero) is 1. The zero-order chi connectivity index (χ0) is 20.4. The van der Waals surface area contributed by atoms with Crippen LogP contribution in [0.4, 0.5) is 0 Å². The van der Waals surface area contributed by atoms with E-state index < -0.39 is 36.2 Å². The Balaban J connectivity index is 2.74. The average Bonchev–Trinajstić information content (AvgIpc) is 2.63. The van der Waals surface area contributed by atoms with Gasteiger partial charge in [0, 0.05) is 16.3 Å². The molecule has 1 rings (SSSR count). The Hall–Kier alpha value is -2.37. The van der Waals surface area contributed by atoms with Gasteiger partial charge in [-0.2, -0.15) is 17.0 Å². The highest BCUT2D eigenvalue weighted by atomic mass is 35.5. The smallest absolute Gasteiger partial charge is 0.329 e. The Labute approximate surface area is 166 Å². The van der Waals surface area contributed by atoms with Gasteiger partial charge < -0.3 is 15.5 Å². The van der Waals surface area contributed by atoms with Gasteiger partial charge in [-0.15, -0.1) is 0 Å². The van der Waals surface area contributed by atoms with Crippen LogP contribution < -0.4 is 5.32 Å². The van der Waals surface area contributed by atoms with Gasteiger partial charge in [0.2, 0.25) is 0 Å². The Kier molecular flexibility index (Phi) is 9.54. The van der Waals surface area contributed by atoms with E-state index in [0.29, 0.717) is 22.8 Å². The first-order valence-electron chi connectivity index (χ1n) is 7.99. The van der Waals surface area contributed by atoms with Crippen LogP contribution in [0.15, 0.2) is 24.3 Å². The molecule has 2 atom stereocenters. The predicted octanol–water partition coefficient (Wildman–Crippen LogP) is 2.48. The van der Waals surface area contributed by atoms with Crippen molar-refractivity contribution in [2.45, 2.75) is 19.4 Å². The van der Waals surface area contributed by atoms with Gasteiger partial charge in [-0.3, -0.25) is 9.59 Å². The highest BCUT2D eigenvalue weighted by Crippen LogP contribution is 2.11. The zero-order valence-electron chi connectivity index (χ0n) is 15.0. The average molecular weight is 410 g/mol. The fraction of sp³-hybridized carbons (Fsp3) is 0.389. The lowest BCUT2D eigenvalue weighted by Crippen LogP contribution is -2.43. The normalized spacial score (nSPS) is 12.4. The molecule has 144 valence electrons. The molecular weight excluding hydrogens is 390 g/mol. The number of ketones is 1. The monoisotopic (exact) mass is 409 g/mol. The van der Waals surface area contributed by atoms with Gasteiger partial charge in [-0.25, -0.2) is 4.79 Å². The number of carbonyl (C=O) groups excluding carboxylic acids is 3. The lowest BCUT2D eigenvalue weighted by molar-refractivity contribution is -0.150. The maximum Gasteiger partial charge on any atom is 0.329 e. The molecule has 0 aliphatic rings. The Bertz CT molecular complexity index is 746. The van der Waals surface area contributed by atoms with E-state index >= 15 is 0 Å². The van der Waals surface area contributed by atoms with Crippen LogP contribution in [0, 0.1) is 22.7 Å². The van der Waals surface area contributed by atoms with Crippen LogP contribution in [0.3, 0.4) is 0 Å². The zero-order valence-corrected chi connectivity index (χ0v) is 16.5. The van der Waals surface area contributed by atoms with Crippen LogP contribution in [-0.2, 0) is 14.3 Å². The first-order chi connectivity index (χ1) is 12.8. The van der Waals surface area contributed by atoms with Crippen molar-refractivity contribution in [3.05, 3.63) is 34.9 Å². The lowest BCUT2D eigenvalue weighted by atomic mass is 10.0. The molecule has 0 fully saturated rings. The molecular formula is C18H20ClN3O4S. The number of benzene rings is 1. The summed E-state index contributed by atoms with van der Waals surface area (Å²) in [5, 5.41) is 19.4. The minimum Gasteiger partial charge on any atom is -0.456 e. The number of ether oxygens (including phenoxy) is 1. The number of nitrogens with zero attached hydrogens (tertiary/aromatic N) is 1. The molecule has 1 aromatic carbocycles. The molecule has 0 spiro atoms. The van der Waals surface area contributed by atoms with Gasteiger partial charge in [0.1, 0.15) is 12.0 Å². The number of carbonyl (C=O) groups is 3. The summed E-state index contributed by atoms with van der Waals surface area (Å²) in [6, 6.07) is 6.95. The molecule has 2 N–H and O–H groups in total. The van der Waals surface area contributed by atoms with Crippen molar-refractivity contribution in [3.8, 4) is 6.07 Å². The van der Waals surface area contributed by atoms with E-state index in [1.807, 2.05) is 6.26 Å². The van der Waals surface area contributed by atoms with E-state index in [4.69, 9.17) is 27.0 Å². The summed E-state index contributed by atoms with van der Waals surface area (Å²) in [4.78, 5) is 36.5. The molecule has 0 saturated heterocycles. The van der Waals surface area contributed by atoms with Crippen molar-refractivity contribution in [2.75, 3.05) is 18.6 Å². The summed E-state index contributed by atoms with van der Waals surface area (Å²) in [6.45, 7) is 0.709. The number of nitriles is 1. The van der Waals surface area contributed by atoms with Crippen molar-refractivity contribution in [2.24, 2.45) is 5.92 Å². The lowest BCUT2D eigenvalue weighted by Gasteiger charge is -2.17. The molecule has 1 amide bonds. The van der Waals surface area contributed by atoms with E-state index in [1.165, 1.54) is 30.8 Å². The molecule has 7 nitrogen and oxygen atoms in total. The fourth-order valence-electron chi connectivity index (χ4n) is 2.06. The van der Waals surface area contributed by atoms with E-state index in [0.717, 1.165) is 0 Å². The van der Waals surface area contributed by atoms with Gasteiger partial charge in [-0.05, 0) is 49.6 Å². The van der Waals surface area contributed by atoms with Gasteiger partial charge in [0.15, 0.2) is 12.4 Å². The molecule has 0 aliphatic heterocycles. The van der Waals surface area contributed by atoms with Crippen LogP contribution in [0.25, 0.3) is 0 Å². The van der Waals surface area contributed by atoms with Crippen molar-refractivity contribution in [3.63, 3.8) is 0 Å². The standard InChI is InChI=1S/C18H20ClN3O4S/c1-11(21)14(9-20)16(23)10-26-18(25)15(7-8-27-2)22-17(24)12-3-5-13(19)6-4-12/h3-6,14-15,21H,7-8,10H2,1-2H3,(H,22,24)/t14?,15-/m0/s1. The molecule has 1 unspecified atom stereocenters. The summed E-state index contributed by atoms with van der Waals surface area (Å²) in [6.07, 6.45) is 2.18. The van der Waals surface area contributed by atoms with Crippen molar-refractivity contribution in [1.82, 2.24) is 5.32 Å². The predicted molar refractivity (Wildman–Crippen MR) is 104 cm³/mol. The molecule has 0 aromatic heterocycles. The second-order valence-electron chi connectivity index (χ2n) is 5.63. The highest BCUT2D eigenvalue weighted by molar-refractivity contribution is 7.98. The molecule has 1 aromatic rings. The summed E-state index contributed by atoms with van der Waals surface area (Å²) >= 11 is 7.29. The van der Waals surface area contributed by atoms with Gasteiger partial charge in [0.05, 0.1) is 6.07 Å². The Morgan fingerprint density at radius 1 is 1.33 bits per heavy atom. The third-order valence-corrected chi connectivity index (χ3v) is 4.44. The fourth-order valence-corrected chi connectivity index (χ4v) is 2.66. The first kappa shape index (κ1) is 22.7. The van der Waals surface area contributed by atoms with Crippen molar-refractivity contribution in [1.29, 1.82) is 10.7 Å². The van der Waals surface area contributed by atoms with Crippen LogP contribution in [-0.4, -0.2) is 48.0 Å². The van der Waals surface area contributed by atoms with E-state index in [9.17, 15) is 14.4 Å². The summed E-state index contributed by atoms with van der Waals surface area (Å²) in [5.74, 6) is -2.56. The van der Waals surface area contributed by atoms with E-state index in [-0.39, 0.29) is 5.71 Å². The summed E-state index contributed by atoms with van der Waals surface area (Å²) in [5.41, 5.74) is 0.218. The van der Waals surface area contributed by atoms with Crippen LogP contribution in [0.1, 0.15) is 23.7 Å². The number of halogens is 1. The second-order valence-corrected chi connectivity index (χ2v) is 7.06. The number of amides is 1. The van der Waals surface area contributed by atoms with Crippen molar-refractivity contribution >= 4 is 46.7 Å². The molecule has 0 saturated carbocycles. The Morgan fingerprint density at radius 2 is 1.96 bits per heavy atom. The van der Waals surface area contributed by atoms with Crippen LogP contribution in [0.5, 0.6) is 0 Å². The topological polar surface area (TPSA) is 120 Å². The highest BCUT2D eigenvalue weighted by Gasteiger charge is 2.26. The van der Waals surface area contributed by atoms with Gasteiger partial charge in [-0.1, -0.05) is 11.6 Å². The second kappa shape index (κ2) is 11.4. The van der Waals surface area contributed by atoms with Gasteiger partial charge >= 0.3 is 5.97 Å². The van der Waals surface area contributed by atoms with Crippen LogP contribution in [0.2, 0.25) is 5.02 Å². The molecule has 0 aliphatic carbocycles. The number of esters is 1. The van der Waals surface area contributed by atoms with E-state index in [2.05, 4.69) is 5.32 Å². The molecule has 0 heterocycles. The number of hydrogen-bond donors (Lipinski definition) is 2. The third-order valence-electron chi connectivity index (χ3n) is 3.55. The van der Waals surface area contributed by atoms with Crippen LogP contribution >= 0.6 is 23.4 Å². The molecule has 27 heavy (non-hydrogen) atoms. The quantitative estimate of drug-likeness (QED) is 0.452. The largest absolute Gasteiger partial charge is 0.456 e. The third kappa shape index (κ3) is 7.41. The number of rotatable bonds is 10. The maximum atomic E-state index is 12.3.